The van der Waals surface area contributed by atoms with E-state index in [9.17, 15) is 4.79 Å². The van der Waals surface area contributed by atoms with E-state index in [1.807, 2.05) is 26.8 Å². The molecule has 2 nitrogen and oxygen atoms in total. The third-order valence-electron chi connectivity index (χ3n) is 2.94. The fourth-order valence-electron chi connectivity index (χ4n) is 1.70. The van der Waals surface area contributed by atoms with Gasteiger partial charge in [0.1, 0.15) is 0 Å². The number of hydrogen-bond donors (Lipinski definition) is 1. The number of carbonyl (C=O) groups excluding carboxylic acids is 1. The van der Waals surface area contributed by atoms with E-state index < -0.39 is 0 Å². The van der Waals surface area contributed by atoms with Crippen LogP contribution in [0, 0.1) is 20.8 Å². The van der Waals surface area contributed by atoms with Crippen molar-refractivity contribution < 1.29 is 4.79 Å². The molecule has 90 valence electrons. The molecular formula is C12H11Br2NOS. The van der Waals surface area contributed by atoms with Crippen LogP contribution in [0.3, 0.4) is 0 Å². The lowest BCUT2D eigenvalue weighted by atomic mass is 10.1. The lowest BCUT2D eigenvalue weighted by Crippen LogP contribution is -2.03. The maximum Gasteiger partial charge on any atom is 0.211 e. The van der Waals surface area contributed by atoms with Crippen LogP contribution in [0.15, 0.2) is 13.6 Å². The summed E-state index contributed by atoms with van der Waals surface area (Å²) in [6, 6.07) is 1.85. The first-order valence-corrected chi connectivity index (χ1v) is 7.47. The predicted octanol–water partition coefficient (Wildman–Crippen LogP) is 4.76. The fourth-order valence-corrected chi connectivity index (χ4v) is 4.49. The number of aromatic amines is 1. The molecule has 2 heterocycles. The second-order valence-electron chi connectivity index (χ2n) is 3.94. The molecule has 0 bridgehead atoms. The Morgan fingerprint density at radius 3 is 2.29 bits per heavy atom. The molecule has 2 aromatic rings. The van der Waals surface area contributed by atoms with E-state index in [1.165, 1.54) is 11.3 Å². The fraction of sp³-hybridized carbons (Fsp3) is 0.250. The first kappa shape index (κ1) is 13.1. The van der Waals surface area contributed by atoms with Gasteiger partial charge in [0.2, 0.25) is 5.78 Å². The average molecular weight is 377 g/mol. The first-order valence-electron chi connectivity index (χ1n) is 5.07. The molecule has 0 radical (unpaired) electrons. The second-order valence-corrected chi connectivity index (χ2v) is 7.69. The monoisotopic (exact) mass is 375 g/mol. The standard InChI is InChI=1S/C12H11Br2NOS/c1-5-6(2)10(15-7(5)3)11(16)8-4-9(13)17-12(8)14/h4,15H,1-3H3. The van der Waals surface area contributed by atoms with Gasteiger partial charge in [0.05, 0.1) is 18.8 Å². The number of hydrogen-bond acceptors (Lipinski definition) is 2. The highest BCUT2D eigenvalue weighted by Gasteiger charge is 2.20. The largest absolute Gasteiger partial charge is 0.356 e. The van der Waals surface area contributed by atoms with Gasteiger partial charge in [-0.2, -0.15) is 0 Å². The molecule has 0 fully saturated rings. The van der Waals surface area contributed by atoms with Gasteiger partial charge in [-0.1, -0.05) is 0 Å². The molecule has 5 heteroatoms. The molecule has 17 heavy (non-hydrogen) atoms. The lowest BCUT2D eigenvalue weighted by Gasteiger charge is -1.98. The van der Waals surface area contributed by atoms with Crippen molar-refractivity contribution in [2.75, 3.05) is 0 Å². The van der Waals surface area contributed by atoms with Gasteiger partial charge >= 0.3 is 0 Å². The molecule has 1 N–H and O–H groups in total. The van der Waals surface area contributed by atoms with E-state index in [-0.39, 0.29) is 5.78 Å². The molecule has 0 unspecified atom stereocenters. The minimum Gasteiger partial charge on any atom is -0.356 e. The van der Waals surface area contributed by atoms with Crippen LogP contribution in [0.2, 0.25) is 0 Å². The van der Waals surface area contributed by atoms with E-state index in [0.717, 1.165) is 24.4 Å². The Kier molecular flexibility index (Phi) is 3.61. The summed E-state index contributed by atoms with van der Waals surface area (Å²) < 4.78 is 1.81. The van der Waals surface area contributed by atoms with Gasteiger partial charge in [0, 0.05) is 5.69 Å². The summed E-state index contributed by atoms with van der Waals surface area (Å²) >= 11 is 8.31. The van der Waals surface area contributed by atoms with Crippen LogP contribution in [0.1, 0.15) is 32.9 Å². The molecule has 0 aliphatic heterocycles. The molecular weight excluding hydrogens is 366 g/mol. The predicted molar refractivity (Wildman–Crippen MR) is 78.2 cm³/mol. The third kappa shape index (κ3) is 2.28. The maximum atomic E-state index is 12.4. The van der Waals surface area contributed by atoms with Gasteiger partial charge in [-0.3, -0.25) is 4.79 Å². The Bertz CT molecular complexity index is 598. The molecule has 0 saturated heterocycles. The summed E-state index contributed by atoms with van der Waals surface area (Å²) in [4.78, 5) is 15.6. The Balaban J connectivity index is 2.51. The maximum absolute atomic E-state index is 12.4. The number of aryl methyl sites for hydroxylation is 1. The van der Waals surface area contributed by atoms with Crippen LogP contribution >= 0.6 is 43.2 Å². The highest BCUT2D eigenvalue weighted by atomic mass is 79.9. The second kappa shape index (κ2) is 4.71. The van der Waals surface area contributed by atoms with Crippen LogP contribution in [-0.4, -0.2) is 10.8 Å². The number of rotatable bonds is 2. The van der Waals surface area contributed by atoms with Crippen molar-refractivity contribution in [3.05, 3.63) is 41.7 Å². The topological polar surface area (TPSA) is 32.9 Å². The average Bonchev–Trinajstić information content (AvgIpc) is 2.72. The summed E-state index contributed by atoms with van der Waals surface area (Å²) in [5, 5.41) is 0. The zero-order valence-electron chi connectivity index (χ0n) is 9.65. The van der Waals surface area contributed by atoms with Gasteiger partial charge in [-0.15, -0.1) is 11.3 Å². The SMILES string of the molecule is Cc1[nH]c(C(=O)c2cc(Br)sc2Br)c(C)c1C. The molecule has 2 aromatic heterocycles. The van der Waals surface area contributed by atoms with Crippen molar-refractivity contribution in [2.45, 2.75) is 20.8 Å². The van der Waals surface area contributed by atoms with E-state index in [2.05, 4.69) is 36.8 Å². The van der Waals surface area contributed by atoms with Gasteiger partial charge in [0.15, 0.2) is 0 Å². The van der Waals surface area contributed by atoms with E-state index >= 15 is 0 Å². The van der Waals surface area contributed by atoms with Gasteiger partial charge < -0.3 is 4.98 Å². The number of H-pyrrole nitrogens is 1. The summed E-state index contributed by atoms with van der Waals surface area (Å²) in [7, 11) is 0. The highest BCUT2D eigenvalue weighted by Crippen LogP contribution is 2.33. The molecule has 0 saturated carbocycles. The summed E-state index contributed by atoms with van der Waals surface area (Å²) in [5.41, 5.74) is 4.62. The number of halogens is 2. The number of carbonyl (C=O) groups is 1. The Morgan fingerprint density at radius 1 is 1.24 bits per heavy atom. The normalized spacial score (nSPS) is 10.9. The van der Waals surface area contributed by atoms with Crippen molar-refractivity contribution in [1.29, 1.82) is 0 Å². The Labute approximate surface area is 121 Å². The lowest BCUT2D eigenvalue weighted by molar-refractivity contribution is 0.103. The molecule has 2 rings (SSSR count). The quantitative estimate of drug-likeness (QED) is 0.753. The molecule has 0 aliphatic carbocycles. The molecule has 0 spiro atoms. The Hall–Kier alpha value is -0.390. The van der Waals surface area contributed by atoms with E-state index in [4.69, 9.17) is 0 Å². The number of nitrogens with one attached hydrogen (secondary N) is 1. The number of aromatic nitrogens is 1. The van der Waals surface area contributed by atoms with Crippen LogP contribution in [0.4, 0.5) is 0 Å². The molecule has 0 aromatic carbocycles. The van der Waals surface area contributed by atoms with Crippen molar-refractivity contribution >= 4 is 49.0 Å². The van der Waals surface area contributed by atoms with Crippen LogP contribution in [0.5, 0.6) is 0 Å². The number of thiophene rings is 1. The Morgan fingerprint density at radius 2 is 1.88 bits per heavy atom. The zero-order chi connectivity index (χ0) is 12.7. The van der Waals surface area contributed by atoms with Crippen LogP contribution in [0.25, 0.3) is 0 Å². The molecule has 0 aliphatic rings. The minimum absolute atomic E-state index is 0.0347. The van der Waals surface area contributed by atoms with Gasteiger partial charge in [-0.25, -0.2) is 0 Å². The van der Waals surface area contributed by atoms with Gasteiger partial charge in [-0.05, 0) is 69.8 Å². The van der Waals surface area contributed by atoms with Gasteiger partial charge in [0.25, 0.3) is 0 Å². The summed E-state index contributed by atoms with van der Waals surface area (Å²) in [6.45, 7) is 5.98. The zero-order valence-corrected chi connectivity index (χ0v) is 13.6. The van der Waals surface area contributed by atoms with Crippen LogP contribution < -0.4 is 0 Å². The van der Waals surface area contributed by atoms with Crippen LogP contribution in [-0.2, 0) is 0 Å². The smallest absolute Gasteiger partial charge is 0.211 e. The first-order chi connectivity index (χ1) is 7.91. The molecule has 0 atom stereocenters. The summed E-state index contributed by atoms with van der Waals surface area (Å²) in [5.74, 6) is 0.0347. The van der Waals surface area contributed by atoms with Crippen molar-refractivity contribution in [1.82, 2.24) is 4.98 Å². The highest BCUT2D eigenvalue weighted by molar-refractivity contribution is 9.12. The van der Waals surface area contributed by atoms with Crippen molar-refractivity contribution in [2.24, 2.45) is 0 Å². The number of ketones is 1. The molecule has 0 amide bonds. The van der Waals surface area contributed by atoms with E-state index in [1.54, 1.807) is 0 Å². The third-order valence-corrected chi connectivity index (χ3v) is 5.28. The van der Waals surface area contributed by atoms with E-state index in [0.29, 0.717) is 11.3 Å². The van der Waals surface area contributed by atoms with Crippen molar-refractivity contribution in [3.63, 3.8) is 0 Å². The summed E-state index contributed by atoms with van der Waals surface area (Å²) in [6.07, 6.45) is 0. The van der Waals surface area contributed by atoms with Crippen molar-refractivity contribution in [3.8, 4) is 0 Å². The minimum atomic E-state index is 0.0347.